The quantitative estimate of drug-likeness (QED) is 0.513. The normalized spacial score (nSPS) is 22.2. The number of ether oxygens (including phenoxy) is 1. The number of hydroxylamine groups is 2. The number of carbonyl (C=O) groups is 1. The van der Waals surface area contributed by atoms with Gasteiger partial charge in [-0.2, -0.15) is 0 Å². The lowest BCUT2D eigenvalue weighted by Gasteiger charge is -2.28. The summed E-state index contributed by atoms with van der Waals surface area (Å²) in [7, 11) is 1.66. The smallest absolute Gasteiger partial charge is 0.250 e. The van der Waals surface area contributed by atoms with Crippen LogP contribution in [0.15, 0.2) is 42.5 Å². The maximum Gasteiger partial charge on any atom is 0.250 e. The number of rotatable bonds is 4. The zero-order valence-electron chi connectivity index (χ0n) is 11.0. The molecule has 0 aliphatic heterocycles. The summed E-state index contributed by atoms with van der Waals surface area (Å²) in [5, 5.41) is 10.8. The van der Waals surface area contributed by atoms with E-state index >= 15 is 0 Å². The SMILES string of the molecule is CO[C@@H]1C=C[C@@H](N(O)C(=O)Cc2ccccc2)CC1. The molecule has 2 atom stereocenters. The van der Waals surface area contributed by atoms with Crippen LogP contribution in [0, 0.1) is 0 Å². The molecule has 2 rings (SSSR count). The topological polar surface area (TPSA) is 49.8 Å². The Bertz CT molecular complexity index is 444. The third-order valence-electron chi connectivity index (χ3n) is 3.37. The molecule has 0 heterocycles. The van der Waals surface area contributed by atoms with Crippen LogP contribution in [0.1, 0.15) is 18.4 Å². The van der Waals surface area contributed by atoms with Gasteiger partial charge in [-0.25, -0.2) is 5.06 Å². The first-order valence-electron chi connectivity index (χ1n) is 6.46. The molecule has 1 aromatic carbocycles. The van der Waals surface area contributed by atoms with E-state index in [4.69, 9.17) is 4.74 Å². The van der Waals surface area contributed by atoms with Crippen molar-refractivity contribution in [3.8, 4) is 0 Å². The summed E-state index contributed by atoms with van der Waals surface area (Å²) in [5.41, 5.74) is 0.904. The molecule has 1 aromatic rings. The highest BCUT2D eigenvalue weighted by Gasteiger charge is 2.24. The van der Waals surface area contributed by atoms with Crippen molar-refractivity contribution in [2.24, 2.45) is 0 Å². The van der Waals surface area contributed by atoms with Gasteiger partial charge in [0.15, 0.2) is 0 Å². The van der Waals surface area contributed by atoms with Crippen molar-refractivity contribution in [3.05, 3.63) is 48.0 Å². The molecule has 0 radical (unpaired) electrons. The first-order chi connectivity index (χ1) is 9.20. The van der Waals surface area contributed by atoms with Crippen molar-refractivity contribution in [3.63, 3.8) is 0 Å². The molecule has 0 bridgehead atoms. The van der Waals surface area contributed by atoms with Crippen LogP contribution in [0.2, 0.25) is 0 Å². The van der Waals surface area contributed by atoms with Crippen molar-refractivity contribution < 1.29 is 14.7 Å². The fourth-order valence-corrected chi connectivity index (χ4v) is 2.22. The van der Waals surface area contributed by atoms with Gasteiger partial charge in [0.25, 0.3) is 5.91 Å². The van der Waals surface area contributed by atoms with E-state index in [-0.39, 0.29) is 24.5 Å². The molecule has 4 heteroatoms. The molecule has 1 aliphatic carbocycles. The van der Waals surface area contributed by atoms with E-state index in [1.165, 1.54) is 0 Å². The molecule has 1 amide bonds. The van der Waals surface area contributed by atoms with Crippen LogP contribution in [0.25, 0.3) is 0 Å². The summed E-state index contributed by atoms with van der Waals surface area (Å²) >= 11 is 0. The summed E-state index contributed by atoms with van der Waals surface area (Å²) < 4.78 is 5.20. The van der Waals surface area contributed by atoms with Gasteiger partial charge < -0.3 is 4.74 Å². The highest BCUT2D eigenvalue weighted by molar-refractivity contribution is 5.78. The van der Waals surface area contributed by atoms with E-state index in [1.54, 1.807) is 7.11 Å². The maximum atomic E-state index is 12.0. The second-order valence-corrected chi connectivity index (χ2v) is 4.70. The minimum atomic E-state index is -0.281. The Labute approximate surface area is 113 Å². The second kappa shape index (κ2) is 6.50. The molecule has 0 fully saturated rings. The van der Waals surface area contributed by atoms with Gasteiger partial charge in [0.05, 0.1) is 18.6 Å². The number of carbonyl (C=O) groups excluding carboxylic acids is 1. The minimum absolute atomic E-state index is 0.0916. The fraction of sp³-hybridized carbons (Fsp3) is 0.400. The standard InChI is InChI=1S/C15H19NO3/c1-19-14-9-7-13(8-10-14)16(18)15(17)11-12-5-3-2-4-6-12/h2-7,9,13-14,18H,8,10-11H2,1H3/t13-,14-/m1/s1. The van der Waals surface area contributed by atoms with Gasteiger partial charge >= 0.3 is 0 Å². The van der Waals surface area contributed by atoms with Gasteiger partial charge in [0.1, 0.15) is 0 Å². The molecule has 102 valence electrons. The van der Waals surface area contributed by atoms with E-state index in [2.05, 4.69) is 0 Å². The van der Waals surface area contributed by atoms with Crippen molar-refractivity contribution in [1.29, 1.82) is 0 Å². The summed E-state index contributed by atoms with van der Waals surface area (Å²) in [4.78, 5) is 12.0. The van der Waals surface area contributed by atoms with Crippen LogP contribution >= 0.6 is 0 Å². The zero-order chi connectivity index (χ0) is 13.7. The van der Waals surface area contributed by atoms with Crippen LogP contribution in [0.5, 0.6) is 0 Å². The molecule has 1 aliphatic rings. The summed E-state index contributed by atoms with van der Waals surface area (Å²) in [5.74, 6) is -0.281. The Balaban J connectivity index is 1.93. The van der Waals surface area contributed by atoms with Crippen LogP contribution in [-0.4, -0.2) is 35.4 Å². The lowest BCUT2D eigenvalue weighted by atomic mass is 10.00. The van der Waals surface area contributed by atoms with Gasteiger partial charge in [-0.15, -0.1) is 0 Å². The lowest BCUT2D eigenvalue weighted by molar-refractivity contribution is -0.172. The van der Waals surface area contributed by atoms with Gasteiger partial charge in [-0.05, 0) is 18.4 Å². The van der Waals surface area contributed by atoms with Crippen LogP contribution in [-0.2, 0) is 16.0 Å². The van der Waals surface area contributed by atoms with E-state index in [0.29, 0.717) is 6.42 Å². The molecule has 4 nitrogen and oxygen atoms in total. The largest absolute Gasteiger partial charge is 0.377 e. The van der Waals surface area contributed by atoms with Crippen LogP contribution in [0.3, 0.4) is 0 Å². The van der Waals surface area contributed by atoms with Crippen molar-refractivity contribution >= 4 is 5.91 Å². The van der Waals surface area contributed by atoms with Crippen molar-refractivity contribution in [1.82, 2.24) is 5.06 Å². The van der Waals surface area contributed by atoms with Gasteiger partial charge in [-0.1, -0.05) is 42.5 Å². The molecule has 0 aromatic heterocycles. The third-order valence-corrected chi connectivity index (χ3v) is 3.37. The first kappa shape index (κ1) is 13.8. The Kier molecular flexibility index (Phi) is 4.71. The molecule has 0 saturated heterocycles. The van der Waals surface area contributed by atoms with Gasteiger partial charge in [0.2, 0.25) is 0 Å². The first-order valence-corrected chi connectivity index (χ1v) is 6.46. The van der Waals surface area contributed by atoms with Gasteiger partial charge in [-0.3, -0.25) is 10.0 Å². The fourth-order valence-electron chi connectivity index (χ4n) is 2.22. The number of hydrogen-bond donors (Lipinski definition) is 1. The minimum Gasteiger partial charge on any atom is -0.377 e. The molecule has 1 N–H and O–H groups in total. The Hall–Kier alpha value is -1.65. The van der Waals surface area contributed by atoms with E-state index in [1.807, 2.05) is 42.5 Å². The molecular formula is C15H19NO3. The van der Waals surface area contributed by atoms with E-state index in [9.17, 15) is 10.0 Å². The Morgan fingerprint density at radius 2 is 2.05 bits per heavy atom. The lowest BCUT2D eigenvalue weighted by Crippen LogP contribution is -2.39. The Morgan fingerprint density at radius 1 is 1.32 bits per heavy atom. The zero-order valence-corrected chi connectivity index (χ0v) is 11.0. The maximum absolute atomic E-state index is 12.0. The highest BCUT2D eigenvalue weighted by Crippen LogP contribution is 2.18. The molecule has 0 saturated carbocycles. The molecule has 0 spiro atoms. The van der Waals surface area contributed by atoms with Crippen LogP contribution < -0.4 is 0 Å². The van der Waals surface area contributed by atoms with Gasteiger partial charge in [0, 0.05) is 7.11 Å². The summed E-state index contributed by atoms with van der Waals surface area (Å²) in [6.07, 6.45) is 5.57. The summed E-state index contributed by atoms with van der Waals surface area (Å²) in [6.45, 7) is 0. The second-order valence-electron chi connectivity index (χ2n) is 4.70. The van der Waals surface area contributed by atoms with E-state index < -0.39 is 0 Å². The van der Waals surface area contributed by atoms with Crippen molar-refractivity contribution in [2.75, 3.05) is 7.11 Å². The average Bonchev–Trinajstić information content (AvgIpc) is 2.47. The Morgan fingerprint density at radius 3 is 2.63 bits per heavy atom. The predicted molar refractivity (Wildman–Crippen MR) is 71.7 cm³/mol. The number of benzene rings is 1. The number of amides is 1. The number of hydrogen-bond acceptors (Lipinski definition) is 3. The number of nitrogens with zero attached hydrogens (tertiary/aromatic N) is 1. The molecule has 19 heavy (non-hydrogen) atoms. The monoisotopic (exact) mass is 261 g/mol. The molecule has 0 unspecified atom stereocenters. The van der Waals surface area contributed by atoms with Crippen LogP contribution in [0.4, 0.5) is 0 Å². The highest BCUT2D eigenvalue weighted by atomic mass is 16.5. The third kappa shape index (κ3) is 3.66. The molecular weight excluding hydrogens is 242 g/mol. The van der Waals surface area contributed by atoms with E-state index in [0.717, 1.165) is 17.0 Å². The predicted octanol–water partition coefficient (Wildman–Crippen LogP) is 2.18. The van der Waals surface area contributed by atoms with Crippen molar-refractivity contribution in [2.45, 2.75) is 31.4 Å². The number of methoxy groups -OCH3 is 1. The average molecular weight is 261 g/mol. The summed E-state index contributed by atoms with van der Waals surface area (Å²) in [6, 6.07) is 9.18.